The number of H-pyrrole nitrogens is 1. The number of benzene rings is 3. The van der Waals surface area contributed by atoms with Crippen LogP contribution in [-0.4, -0.2) is 95.7 Å². The minimum absolute atomic E-state index is 0.0236. The van der Waals surface area contributed by atoms with Crippen LogP contribution in [0.5, 0.6) is 17.5 Å². The van der Waals surface area contributed by atoms with Crippen molar-refractivity contribution in [3.8, 4) is 40.0 Å². The number of hydrogen-bond donors (Lipinski definition) is 8. The number of hydrogen-bond acceptors (Lipinski definition) is 17. The van der Waals surface area contributed by atoms with Crippen molar-refractivity contribution >= 4 is 48.3 Å². The van der Waals surface area contributed by atoms with Crippen LogP contribution < -0.4 is 27.5 Å². The zero-order chi connectivity index (χ0) is 46.7. The van der Waals surface area contributed by atoms with E-state index in [0.29, 0.717) is 16.5 Å². The second-order valence-electron chi connectivity index (χ2n) is 14.5. The number of carboxylic acid groups (broad SMARTS) is 1. The first-order valence-electron chi connectivity index (χ1n) is 19.5. The van der Waals surface area contributed by atoms with Gasteiger partial charge in [0.1, 0.15) is 29.4 Å². The number of carbonyl (C=O) groups excluding carboxylic acids is 2. The number of phosphoric ester groups is 1. The molecule has 0 spiro atoms. The highest BCUT2D eigenvalue weighted by molar-refractivity contribution is 7.99. The number of ether oxygens (including phenoxy) is 1. The highest BCUT2D eigenvalue weighted by Gasteiger charge is 2.38. The number of carboxylic acids is 1. The van der Waals surface area contributed by atoms with E-state index in [2.05, 4.69) is 15.8 Å². The van der Waals surface area contributed by atoms with Crippen LogP contribution in [0.15, 0.2) is 90.6 Å². The summed E-state index contributed by atoms with van der Waals surface area (Å²) in [4.78, 5) is 77.0. The third-order valence-electron chi connectivity index (χ3n) is 10.2. The molecule has 4 atom stereocenters. The molecular formula is C41H40N5O17PS. The average molecular weight is 938 g/mol. The zero-order valence-corrected chi connectivity index (χ0v) is 35.9. The molecule has 2 aliphatic heterocycles. The molecule has 24 heteroatoms. The van der Waals surface area contributed by atoms with E-state index >= 15 is 0 Å². The van der Waals surface area contributed by atoms with Gasteiger partial charge >= 0.3 is 19.5 Å². The third kappa shape index (κ3) is 10.2. The van der Waals surface area contributed by atoms with Crippen molar-refractivity contribution in [2.75, 3.05) is 26.1 Å². The van der Waals surface area contributed by atoms with Crippen molar-refractivity contribution in [2.24, 2.45) is 0 Å². The Hall–Kier alpha value is -6.72. The van der Waals surface area contributed by atoms with Gasteiger partial charge in [-0.1, -0.05) is 0 Å². The van der Waals surface area contributed by atoms with Gasteiger partial charge in [0, 0.05) is 84.3 Å². The second-order valence-corrected chi connectivity index (χ2v) is 17.4. The molecule has 65 heavy (non-hydrogen) atoms. The van der Waals surface area contributed by atoms with Gasteiger partial charge in [-0.15, -0.1) is 11.8 Å². The van der Waals surface area contributed by atoms with Crippen molar-refractivity contribution in [2.45, 2.75) is 49.6 Å². The van der Waals surface area contributed by atoms with Crippen molar-refractivity contribution in [1.29, 1.82) is 0 Å². The quantitative estimate of drug-likeness (QED) is 0.0227. The van der Waals surface area contributed by atoms with E-state index in [0.717, 1.165) is 28.0 Å². The number of aromatic amines is 1. The number of aliphatic hydroxyl groups is 1. The number of aromatic carboxylic acids is 1. The number of nitrogens with zero attached hydrogens (tertiary/aromatic N) is 2. The number of aromatic nitrogens is 3. The maximum atomic E-state index is 13.3. The first-order chi connectivity index (χ1) is 30.9. The maximum absolute atomic E-state index is 13.3. The summed E-state index contributed by atoms with van der Waals surface area (Å²) in [6.07, 6.45) is -2.16. The first kappa shape index (κ1) is 46.3. The summed E-state index contributed by atoms with van der Waals surface area (Å²) in [7, 11) is -3.11. The fourth-order valence-corrected chi connectivity index (χ4v) is 8.84. The van der Waals surface area contributed by atoms with Gasteiger partial charge in [-0.2, -0.15) is 0 Å². The summed E-state index contributed by atoms with van der Waals surface area (Å²) < 4.78 is 42.5. The zero-order valence-electron chi connectivity index (χ0n) is 34.2. The van der Waals surface area contributed by atoms with E-state index in [9.17, 15) is 58.9 Å². The maximum Gasteiger partial charge on any atom is 0.474 e. The summed E-state index contributed by atoms with van der Waals surface area (Å²) in [6, 6.07) is 13.1. The molecule has 7 rings (SSSR count). The van der Waals surface area contributed by atoms with E-state index in [-0.39, 0.29) is 81.4 Å². The standard InChI is InChI=1S/C41H40N5O17PS/c1-20-18-46(41(57)42-37(20)52)35-16-28(49)31(63-35)19-61-64(58,59-2)60-11-12-65-32-17-34(51)45(39(32)54)10-9-33(50)43-44-38(53)21-3-6-24(40(55)56)27(13-21)36-25-7-4-22(47)14-29(25)62-30-15-23(48)5-8-26(30)36/h3-8,13-15,17-18,28,31,35,47,49,51,54H,9-12,16,19H2,1-2H3,(H,43,50)(H,44,53)(H,55,56)(H,42,52,57)/t28-,31-,35-,64?/m1/s1. The van der Waals surface area contributed by atoms with Crippen molar-refractivity contribution < 1.29 is 67.2 Å². The smallest absolute Gasteiger partial charge is 0.474 e. The van der Waals surface area contributed by atoms with Crippen LogP contribution in [0.3, 0.4) is 0 Å². The van der Waals surface area contributed by atoms with Crippen LogP contribution >= 0.6 is 19.6 Å². The highest BCUT2D eigenvalue weighted by atomic mass is 32.2. The molecule has 2 amide bonds. The summed E-state index contributed by atoms with van der Waals surface area (Å²) in [5.74, 6) is -3.66. The molecule has 0 saturated carbocycles. The molecule has 4 heterocycles. The number of aryl methyl sites for hydroxylation is 1. The van der Waals surface area contributed by atoms with E-state index in [1.54, 1.807) is 0 Å². The lowest BCUT2D eigenvalue weighted by molar-refractivity contribution is -0.122. The Labute approximate surface area is 369 Å². The van der Waals surface area contributed by atoms with Crippen molar-refractivity contribution in [3.05, 3.63) is 115 Å². The minimum Gasteiger partial charge on any atom is -0.508 e. The van der Waals surface area contributed by atoms with Crippen LogP contribution in [0.25, 0.3) is 33.4 Å². The minimum atomic E-state index is -4.19. The topological polar surface area (TPSA) is 320 Å². The molecule has 0 radical (unpaired) electrons. The molecule has 4 aromatic rings. The largest absolute Gasteiger partial charge is 0.508 e. The summed E-state index contributed by atoms with van der Waals surface area (Å²) >= 11 is 0.994. The van der Waals surface area contributed by atoms with Crippen LogP contribution in [0, 0.1) is 6.92 Å². The van der Waals surface area contributed by atoms with E-state index in [1.165, 1.54) is 73.8 Å². The molecule has 3 aliphatic rings. The molecule has 1 fully saturated rings. The van der Waals surface area contributed by atoms with Crippen LogP contribution in [-0.2, 0) is 34.2 Å². The first-order valence-corrected chi connectivity index (χ1v) is 21.9. The molecule has 2 aromatic carbocycles. The molecule has 1 unspecified atom stereocenters. The number of phosphoric acid groups is 1. The van der Waals surface area contributed by atoms with Gasteiger partial charge in [-0.05, 0) is 55.0 Å². The lowest BCUT2D eigenvalue weighted by atomic mass is 9.89. The molecule has 342 valence electrons. The number of phenols is 1. The van der Waals surface area contributed by atoms with Crippen molar-refractivity contribution in [1.82, 2.24) is 25.0 Å². The Kier molecular flexibility index (Phi) is 13.6. The number of fused-ring (bicyclic) bond motifs is 2. The molecule has 8 N–H and O–H groups in total. The summed E-state index contributed by atoms with van der Waals surface area (Å²) in [6.45, 7) is 0.573. The van der Waals surface area contributed by atoms with Crippen molar-refractivity contribution in [3.63, 3.8) is 0 Å². The van der Waals surface area contributed by atoms with Gasteiger partial charge in [-0.3, -0.25) is 57.7 Å². The molecule has 2 aromatic heterocycles. The molecule has 22 nitrogen and oxygen atoms in total. The number of hydrazine groups is 1. The molecule has 0 bridgehead atoms. The number of aliphatic hydroxyl groups excluding tert-OH is 1. The molecular weight excluding hydrogens is 898 g/mol. The van der Waals surface area contributed by atoms with Crippen LogP contribution in [0.2, 0.25) is 0 Å². The fraction of sp³-hybridized carbons (Fsp3) is 0.268. The Bertz CT molecular complexity index is 3020. The van der Waals surface area contributed by atoms with Gasteiger partial charge in [-0.25, -0.2) is 14.2 Å². The van der Waals surface area contributed by atoms with Gasteiger partial charge in [0.25, 0.3) is 11.5 Å². The van der Waals surface area contributed by atoms with E-state index in [4.69, 9.17) is 22.7 Å². The normalized spacial score (nSPS) is 17.0. The number of carbonyl (C=O) groups is 3. The predicted octanol–water partition coefficient (Wildman–Crippen LogP) is 3.42. The summed E-state index contributed by atoms with van der Waals surface area (Å²) in [5, 5.41) is 52.4. The number of phenolic OH excluding ortho intramolecular Hbond substituents is 1. The lowest BCUT2D eigenvalue weighted by Crippen LogP contribution is -2.41. The van der Waals surface area contributed by atoms with E-state index in [1.807, 2.05) is 0 Å². The predicted molar refractivity (Wildman–Crippen MR) is 229 cm³/mol. The lowest BCUT2D eigenvalue weighted by Gasteiger charge is -2.20. The SMILES string of the molecule is COP(=O)(OCCSc1cc(O)n(CCC(=O)NNC(=O)c2ccc(C(=O)O)c(-c3c4ccc(=O)cc-4oc4cc(O)ccc34)c2)c1O)OC[C@H]1O[C@@H](n2cc(C)c(=O)[nH]c2=O)C[C@H]1O. The van der Waals surface area contributed by atoms with Gasteiger partial charge < -0.3 is 34.7 Å². The number of rotatable bonds is 16. The van der Waals surface area contributed by atoms with Crippen LogP contribution in [0.1, 0.15) is 45.3 Å². The number of aromatic hydroxyl groups is 3. The van der Waals surface area contributed by atoms with E-state index < -0.39 is 73.7 Å². The average Bonchev–Trinajstić information content (AvgIpc) is 3.78. The third-order valence-corrected chi connectivity index (χ3v) is 12.6. The van der Waals surface area contributed by atoms with Crippen LogP contribution in [0.4, 0.5) is 0 Å². The monoisotopic (exact) mass is 937 g/mol. The number of nitrogens with one attached hydrogen (secondary N) is 3. The number of thioether (sulfide) groups is 1. The molecule has 1 aliphatic carbocycles. The fourth-order valence-electron chi connectivity index (χ4n) is 6.97. The highest BCUT2D eigenvalue weighted by Crippen LogP contribution is 2.50. The van der Waals surface area contributed by atoms with Gasteiger partial charge in [0.15, 0.2) is 11.3 Å². The van der Waals surface area contributed by atoms with Gasteiger partial charge in [0.2, 0.25) is 11.8 Å². The van der Waals surface area contributed by atoms with Gasteiger partial charge in [0.05, 0.1) is 29.8 Å². The Morgan fingerprint density at radius 2 is 1.77 bits per heavy atom. The number of amides is 2. The molecule has 1 saturated heterocycles. The summed E-state index contributed by atoms with van der Waals surface area (Å²) in [5.41, 5.74) is 3.72. The Balaban J connectivity index is 0.919. The Morgan fingerprint density at radius 1 is 0.985 bits per heavy atom. The Morgan fingerprint density at radius 3 is 2.52 bits per heavy atom. The second kappa shape index (κ2) is 19.2.